The molecular weight excluding hydrogens is 169 g/mol. The van der Waals surface area contributed by atoms with Crippen LogP contribution in [0.4, 0.5) is 0 Å². The van der Waals surface area contributed by atoms with Crippen LogP contribution in [-0.4, -0.2) is 37.7 Å². The Morgan fingerprint density at radius 1 is 0.600 bits per heavy atom. The van der Waals surface area contributed by atoms with Crippen molar-refractivity contribution in [1.82, 2.24) is 0 Å². The van der Waals surface area contributed by atoms with Crippen LogP contribution in [-0.2, 0) is 0 Å². The molecule has 0 heterocycles. The van der Waals surface area contributed by atoms with Crippen molar-refractivity contribution >= 4 is 37.7 Å². The molecule has 0 aliphatic heterocycles. The Kier molecular flexibility index (Phi) is 231. The Labute approximate surface area is 102 Å². The van der Waals surface area contributed by atoms with Crippen LogP contribution in [0.1, 0.15) is 0 Å². The minimum atomic E-state index is 0. The standard InChI is InChI=1S/Ca.3ClH.Na/h;3*1H;/q+2;;;;+1/p-3. The Hall–Kier alpha value is 3.13. The molecule has 0 bridgehead atoms. The maximum atomic E-state index is 0. The van der Waals surface area contributed by atoms with Crippen molar-refractivity contribution in [2.24, 2.45) is 0 Å². The maximum absolute atomic E-state index is 0. The molecule has 0 saturated carbocycles. The van der Waals surface area contributed by atoms with E-state index in [9.17, 15) is 0 Å². The number of hydrogen-bond donors (Lipinski definition) is 0. The van der Waals surface area contributed by atoms with Gasteiger partial charge in [0.25, 0.3) is 0 Å². The van der Waals surface area contributed by atoms with E-state index in [1.54, 1.807) is 0 Å². The number of rotatable bonds is 0. The van der Waals surface area contributed by atoms with Crippen LogP contribution in [0.25, 0.3) is 0 Å². The van der Waals surface area contributed by atoms with E-state index >= 15 is 0 Å². The van der Waals surface area contributed by atoms with Crippen molar-refractivity contribution in [2.45, 2.75) is 0 Å². The maximum Gasteiger partial charge on any atom is 2.00 e. The summed E-state index contributed by atoms with van der Waals surface area (Å²) in [4.78, 5) is 0. The third-order valence-corrected chi connectivity index (χ3v) is 0. The molecule has 0 nitrogen and oxygen atoms in total. The molecule has 24 valence electrons. The van der Waals surface area contributed by atoms with Crippen molar-refractivity contribution < 1.29 is 66.8 Å². The van der Waals surface area contributed by atoms with Gasteiger partial charge in [0, 0.05) is 0 Å². The van der Waals surface area contributed by atoms with Crippen molar-refractivity contribution in [3.63, 3.8) is 0 Å². The molecule has 0 fully saturated rings. The smallest absolute Gasteiger partial charge is 1.00 e. The Bertz CT molecular complexity index is 6.85. The molecular formula is CaCl3Na. The zero-order valence-corrected chi connectivity index (χ0v) is 9.32. The molecule has 0 spiro atoms. The van der Waals surface area contributed by atoms with Crippen LogP contribution in [0.15, 0.2) is 0 Å². The molecule has 0 unspecified atom stereocenters. The largest absolute Gasteiger partial charge is 2.00 e. The Morgan fingerprint density at radius 2 is 0.600 bits per heavy atom. The van der Waals surface area contributed by atoms with Crippen molar-refractivity contribution in [1.29, 1.82) is 0 Å². The molecule has 5 heteroatoms. The van der Waals surface area contributed by atoms with Gasteiger partial charge in [-0.1, -0.05) is 0 Å². The first-order chi connectivity index (χ1) is 0. The van der Waals surface area contributed by atoms with Crippen LogP contribution >= 0.6 is 0 Å². The van der Waals surface area contributed by atoms with E-state index in [-0.39, 0.29) is 105 Å². The van der Waals surface area contributed by atoms with Gasteiger partial charge in [0.2, 0.25) is 0 Å². The van der Waals surface area contributed by atoms with E-state index in [0.717, 1.165) is 0 Å². The molecule has 0 amide bonds. The molecule has 0 aromatic heterocycles. The summed E-state index contributed by atoms with van der Waals surface area (Å²) in [5.74, 6) is 0. The van der Waals surface area contributed by atoms with Crippen LogP contribution in [0.5, 0.6) is 0 Å². The van der Waals surface area contributed by atoms with Gasteiger partial charge in [0.05, 0.1) is 0 Å². The van der Waals surface area contributed by atoms with E-state index in [1.807, 2.05) is 0 Å². The predicted octanol–water partition coefficient (Wildman–Crippen LogP) is -12.4. The van der Waals surface area contributed by atoms with Crippen molar-refractivity contribution in [3.8, 4) is 0 Å². The average molecular weight is 169 g/mol. The summed E-state index contributed by atoms with van der Waals surface area (Å²) in [5, 5.41) is 0. The van der Waals surface area contributed by atoms with Crippen LogP contribution in [0.3, 0.4) is 0 Å². The van der Waals surface area contributed by atoms with Gasteiger partial charge in [-0.15, -0.1) is 0 Å². The second-order valence-corrected chi connectivity index (χ2v) is 0. The first-order valence-corrected chi connectivity index (χ1v) is 0. The summed E-state index contributed by atoms with van der Waals surface area (Å²) in [6, 6.07) is 0. The molecule has 0 aromatic rings. The molecule has 0 rings (SSSR count). The van der Waals surface area contributed by atoms with Crippen molar-refractivity contribution in [3.05, 3.63) is 0 Å². The van der Waals surface area contributed by atoms with E-state index in [1.165, 1.54) is 0 Å². The normalized spacial score (nSPS) is 0. The molecule has 0 radical (unpaired) electrons. The third-order valence-electron chi connectivity index (χ3n) is 0. The summed E-state index contributed by atoms with van der Waals surface area (Å²) in [5.41, 5.74) is 0. The van der Waals surface area contributed by atoms with Gasteiger partial charge in [-0.05, 0) is 0 Å². The quantitative estimate of drug-likeness (QED) is 0.316. The van der Waals surface area contributed by atoms with Crippen LogP contribution in [0.2, 0.25) is 0 Å². The summed E-state index contributed by atoms with van der Waals surface area (Å²) in [6.07, 6.45) is 0. The van der Waals surface area contributed by atoms with E-state index < -0.39 is 0 Å². The fourth-order valence-corrected chi connectivity index (χ4v) is 0. The Morgan fingerprint density at radius 3 is 0.600 bits per heavy atom. The molecule has 0 aromatic carbocycles. The zero-order valence-electron chi connectivity index (χ0n) is 2.84. The molecule has 0 saturated heterocycles. The molecule has 0 aliphatic carbocycles. The fraction of sp³-hybridized carbons (Fsp3) is 0. The molecule has 0 N–H and O–H groups in total. The van der Waals surface area contributed by atoms with Crippen molar-refractivity contribution in [2.75, 3.05) is 0 Å². The number of halogens is 3. The second-order valence-electron chi connectivity index (χ2n) is 0. The van der Waals surface area contributed by atoms with Gasteiger partial charge in [-0.25, -0.2) is 0 Å². The molecule has 0 atom stereocenters. The first-order valence-electron chi connectivity index (χ1n) is 0. The minimum absolute atomic E-state index is 0. The second kappa shape index (κ2) is 27.3. The predicted molar refractivity (Wildman–Crippen MR) is 5.75 cm³/mol. The number of hydrogen-bond acceptors (Lipinski definition) is 0. The van der Waals surface area contributed by atoms with Gasteiger partial charge in [-0.2, -0.15) is 0 Å². The average Bonchev–Trinajstić information content (AvgIpc) is 0. The van der Waals surface area contributed by atoms with Gasteiger partial charge in [-0.3, -0.25) is 0 Å². The van der Waals surface area contributed by atoms with E-state index in [4.69, 9.17) is 0 Å². The molecule has 5 heavy (non-hydrogen) atoms. The van der Waals surface area contributed by atoms with Gasteiger partial charge in [0.15, 0.2) is 0 Å². The van der Waals surface area contributed by atoms with Gasteiger partial charge >= 0.3 is 67.3 Å². The van der Waals surface area contributed by atoms with Crippen LogP contribution < -0.4 is 66.8 Å². The van der Waals surface area contributed by atoms with Gasteiger partial charge < -0.3 is 37.2 Å². The first kappa shape index (κ1) is 42.2. The SMILES string of the molecule is [Ca+2].[Cl-].[Cl-].[Cl-].[Na+]. The Balaban J connectivity index is 0. The zero-order chi connectivity index (χ0) is 0. The van der Waals surface area contributed by atoms with E-state index in [0.29, 0.717) is 0 Å². The molecule has 0 aliphatic rings. The fourth-order valence-electron chi connectivity index (χ4n) is 0. The summed E-state index contributed by atoms with van der Waals surface area (Å²) in [7, 11) is 0. The van der Waals surface area contributed by atoms with E-state index in [2.05, 4.69) is 0 Å². The third kappa shape index (κ3) is 19.2. The minimum Gasteiger partial charge on any atom is -1.00 e. The summed E-state index contributed by atoms with van der Waals surface area (Å²) in [6.45, 7) is 0. The summed E-state index contributed by atoms with van der Waals surface area (Å²) < 4.78 is 0. The summed E-state index contributed by atoms with van der Waals surface area (Å²) >= 11 is 0. The van der Waals surface area contributed by atoms with Crippen LogP contribution in [0, 0.1) is 0 Å². The monoisotopic (exact) mass is 168 g/mol. The van der Waals surface area contributed by atoms with Gasteiger partial charge in [0.1, 0.15) is 0 Å². The topological polar surface area (TPSA) is 0 Å².